The quantitative estimate of drug-likeness (QED) is 0.916. The third-order valence-corrected chi connectivity index (χ3v) is 2.77. The second kappa shape index (κ2) is 5.53. The Morgan fingerprint density at radius 3 is 2.84 bits per heavy atom. The first-order chi connectivity index (χ1) is 9.10. The fourth-order valence-electron chi connectivity index (χ4n) is 1.68. The predicted octanol–water partition coefficient (Wildman–Crippen LogP) is 3.09. The van der Waals surface area contributed by atoms with Gasteiger partial charge in [0, 0.05) is 24.3 Å². The van der Waals surface area contributed by atoms with Crippen molar-refractivity contribution in [2.75, 3.05) is 5.32 Å². The topological polar surface area (TPSA) is 53.6 Å². The minimum Gasteiger partial charge on any atom is -0.378 e. The number of hydrogen-bond acceptors (Lipinski definition) is 3. The number of benzene rings is 1. The van der Waals surface area contributed by atoms with Gasteiger partial charge in [0.1, 0.15) is 5.82 Å². The molecule has 0 unspecified atom stereocenters. The van der Waals surface area contributed by atoms with Gasteiger partial charge >= 0.3 is 0 Å². The van der Waals surface area contributed by atoms with E-state index >= 15 is 0 Å². The van der Waals surface area contributed by atoms with E-state index in [-0.39, 0.29) is 0 Å². The normalized spacial score (nSPS) is 10.5. The monoisotopic (exact) mass is 258 g/mol. The maximum atomic E-state index is 13.6. The number of hydrogen-bond donors (Lipinski definition) is 1. The van der Waals surface area contributed by atoms with E-state index in [9.17, 15) is 4.39 Å². The average Bonchev–Trinajstić information content (AvgIpc) is 2.86. The molecule has 0 saturated carbocycles. The molecule has 0 saturated heterocycles. The molecule has 0 fully saturated rings. The van der Waals surface area contributed by atoms with Gasteiger partial charge in [-0.3, -0.25) is 4.68 Å². The van der Waals surface area contributed by atoms with Crippen LogP contribution in [0.15, 0.2) is 30.6 Å². The molecule has 19 heavy (non-hydrogen) atoms. The van der Waals surface area contributed by atoms with Crippen LogP contribution in [0.5, 0.6) is 0 Å². The van der Waals surface area contributed by atoms with Gasteiger partial charge in [0.2, 0.25) is 0 Å². The van der Waals surface area contributed by atoms with Crippen LogP contribution in [0.4, 0.5) is 10.1 Å². The lowest BCUT2D eigenvalue weighted by atomic mass is 10.2. The summed E-state index contributed by atoms with van der Waals surface area (Å²) in [6, 6.07) is 6.59. The van der Waals surface area contributed by atoms with E-state index < -0.39 is 5.82 Å². The molecule has 0 aliphatic heterocycles. The maximum absolute atomic E-state index is 13.6. The van der Waals surface area contributed by atoms with Crippen molar-refractivity contribution in [2.24, 2.45) is 0 Å². The summed E-state index contributed by atoms with van der Waals surface area (Å²) in [6.45, 7) is 4.59. The van der Waals surface area contributed by atoms with Crippen LogP contribution < -0.4 is 5.32 Å². The average molecular weight is 258 g/mol. The van der Waals surface area contributed by atoms with Gasteiger partial charge in [-0.2, -0.15) is 10.4 Å². The summed E-state index contributed by atoms with van der Waals surface area (Å²) >= 11 is 0. The summed E-state index contributed by atoms with van der Waals surface area (Å²) in [5.41, 5.74) is 1.68. The summed E-state index contributed by atoms with van der Waals surface area (Å²) in [5.74, 6) is -0.421. The molecule has 0 atom stereocenters. The molecular weight excluding hydrogens is 243 g/mol. The SMILES string of the molecule is CC(C)n1cc(CNc2ccc(C#N)cc2F)cn1. The Hall–Kier alpha value is -2.35. The number of nitriles is 1. The Bertz CT molecular complexity index is 610. The first-order valence-electron chi connectivity index (χ1n) is 6.06. The molecule has 1 aromatic carbocycles. The molecule has 0 spiro atoms. The summed E-state index contributed by atoms with van der Waals surface area (Å²) in [5, 5.41) is 15.9. The fraction of sp³-hybridized carbons (Fsp3) is 0.286. The first kappa shape index (κ1) is 13.1. The van der Waals surface area contributed by atoms with Gasteiger partial charge in [-0.25, -0.2) is 4.39 Å². The number of anilines is 1. The zero-order chi connectivity index (χ0) is 13.8. The van der Waals surface area contributed by atoms with Crippen molar-refractivity contribution < 1.29 is 4.39 Å². The van der Waals surface area contributed by atoms with Crippen LogP contribution >= 0.6 is 0 Å². The Morgan fingerprint density at radius 2 is 2.26 bits per heavy atom. The van der Waals surface area contributed by atoms with Crippen molar-refractivity contribution in [3.8, 4) is 6.07 Å². The predicted molar refractivity (Wildman–Crippen MR) is 71.1 cm³/mol. The molecule has 2 rings (SSSR count). The molecule has 0 amide bonds. The van der Waals surface area contributed by atoms with Crippen LogP contribution in [-0.2, 0) is 6.54 Å². The minimum absolute atomic E-state index is 0.306. The Labute approximate surface area is 111 Å². The van der Waals surface area contributed by atoms with Crippen LogP contribution in [0, 0.1) is 17.1 Å². The molecule has 0 bridgehead atoms. The molecule has 0 aliphatic rings. The van der Waals surface area contributed by atoms with Crippen molar-refractivity contribution in [2.45, 2.75) is 26.4 Å². The van der Waals surface area contributed by atoms with E-state index in [0.29, 0.717) is 23.8 Å². The molecular formula is C14H15FN4. The molecule has 1 aromatic heterocycles. The second-order valence-corrected chi connectivity index (χ2v) is 4.58. The van der Waals surface area contributed by atoms with Crippen molar-refractivity contribution in [3.63, 3.8) is 0 Å². The van der Waals surface area contributed by atoms with Gasteiger partial charge in [0.15, 0.2) is 0 Å². The molecule has 2 aromatic rings. The van der Waals surface area contributed by atoms with E-state index in [4.69, 9.17) is 5.26 Å². The number of nitrogens with one attached hydrogen (secondary N) is 1. The molecule has 4 nitrogen and oxygen atoms in total. The van der Waals surface area contributed by atoms with Crippen LogP contribution in [0.25, 0.3) is 0 Å². The van der Waals surface area contributed by atoms with Crippen LogP contribution in [0.3, 0.4) is 0 Å². The lowest BCUT2D eigenvalue weighted by molar-refractivity contribution is 0.532. The van der Waals surface area contributed by atoms with Gasteiger partial charge in [-0.05, 0) is 32.0 Å². The lowest BCUT2D eigenvalue weighted by Crippen LogP contribution is -2.02. The van der Waals surface area contributed by atoms with E-state index in [0.717, 1.165) is 5.56 Å². The van der Waals surface area contributed by atoms with Crippen LogP contribution in [0.1, 0.15) is 31.0 Å². The van der Waals surface area contributed by atoms with Crippen LogP contribution in [-0.4, -0.2) is 9.78 Å². The van der Waals surface area contributed by atoms with Gasteiger partial charge < -0.3 is 5.32 Å². The van der Waals surface area contributed by atoms with E-state index in [2.05, 4.69) is 10.4 Å². The van der Waals surface area contributed by atoms with E-state index in [1.54, 1.807) is 18.3 Å². The van der Waals surface area contributed by atoms with E-state index in [1.165, 1.54) is 6.07 Å². The number of rotatable bonds is 4. The van der Waals surface area contributed by atoms with Crippen molar-refractivity contribution in [1.82, 2.24) is 9.78 Å². The highest BCUT2D eigenvalue weighted by Gasteiger charge is 2.05. The zero-order valence-electron chi connectivity index (χ0n) is 10.9. The highest BCUT2D eigenvalue weighted by atomic mass is 19.1. The lowest BCUT2D eigenvalue weighted by Gasteiger charge is -2.06. The number of halogens is 1. The van der Waals surface area contributed by atoms with Gasteiger partial charge in [-0.1, -0.05) is 0 Å². The Kier molecular flexibility index (Phi) is 3.81. The van der Waals surface area contributed by atoms with Gasteiger partial charge in [0.25, 0.3) is 0 Å². The van der Waals surface area contributed by atoms with Crippen molar-refractivity contribution >= 4 is 5.69 Å². The fourth-order valence-corrected chi connectivity index (χ4v) is 1.68. The number of aromatic nitrogens is 2. The van der Waals surface area contributed by atoms with Gasteiger partial charge in [-0.15, -0.1) is 0 Å². The molecule has 0 radical (unpaired) electrons. The Morgan fingerprint density at radius 1 is 1.47 bits per heavy atom. The summed E-state index contributed by atoms with van der Waals surface area (Å²) in [7, 11) is 0. The summed E-state index contributed by atoms with van der Waals surface area (Å²) in [4.78, 5) is 0. The molecule has 1 heterocycles. The number of nitrogens with zero attached hydrogens (tertiary/aromatic N) is 3. The van der Waals surface area contributed by atoms with Crippen molar-refractivity contribution in [1.29, 1.82) is 5.26 Å². The smallest absolute Gasteiger partial charge is 0.147 e. The van der Waals surface area contributed by atoms with E-state index in [1.807, 2.05) is 30.8 Å². The highest BCUT2D eigenvalue weighted by Crippen LogP contribution is 2.16. The third-order valence-electron chi connectivity index (χ3n) is 2.77. The van der Waals surface area contributed by atoms with Gasteiger partial charge in [0.05, 0.1) is 23.5 Å². The zero-order valence-corrected chi connectivity index (χ0v) is 10.9. The molecule has 0 aliphatic carbocycles. The summed E-state index contributed by atoms with van der Waals surface area (Å²) in [6.07, 6.45) is 3.69. The third kappa shape index (κ3) is 3.10. The minimum atomic E-state index is -0.421. The standard InChI is InChI=1S/C14H15FN4/c1-10(2)19-9-12(8-18-19)7-17-14-4-3-11(6-16)5-13(14)15/h3-5,8-10,17H,7H2,1-2H3. The maximum Gasteiger partial charge on any atom is 0.147 e. The highest BCUT2D eigenvalue weighted by molar-refractivity contribution is 5.49. The molecule has 98 valence electrons. The largest absolute Gasteiger partial charge is 0.378 e. The van der Waals surface area contributed by atoms with Crippen molar-refractivity contribution in [3.05, 3.63) is 47.5 Å². The second-order valence-electron chi connectivity index (χ2n) is 4.58. The first-order valence-corrected chi connectivity index (χ1v) is 6.06. The molecule has 5 heteroatoms. The van der Waals surface area contributed by atoms with Crippen LogP contribution in [0.2, 0.25) is 0 Å². The molecule has 1 N–H and O–H groups in total. The Balaban J connectivity index is 2.04. The summed E-state index contributed by atoms with van der Waals surface area (Å²) < 4.78 is 15.5.